The first-order valence-electron chi connectivity index (χ1n) is 7.22. The third kappa shape index (κ3) is 2.81. The van der Waals surface area contributed by atoms with E-state index < -0.39 is 0 Å². The molecule has 0 unspecified atom stereocenters. The number of ketones is 1. The molecule has 0 fully saturated rings. The topological polar surface area (TPSA) is 44.1 Å². The largest absolute Gasteiger partial charge is 0.366 e. The van der Waals surface area contributed by atoms with E-state index in [1.165, 1.54) is 10.5 Å². The Morgan fingerprint density at radius 3 is 2.82 bits per heavy atom. The van der Waals surface area contributed by atoms with Crippen molar-refractivity contribution in [2.75, 3.05) is 18.0 Å². The van der Waals surface area contributed by atoms with Crippen molar-refractivity contribution in [3.05, 3.63) is 57.8 Å². The first kappa shape index (κ1) is 14.6. The smallest absolute Gasteiger partial charge is 0.159 e. The second-order valence-corrected chi connectivity index (χ2v) is 6.25. The van der Waals surface area contributed by atoms with Crippen molar-refractivity contribution in [1.29, 1.82) is 5.26 Å². The first-order valence-corrected chi connectivity index (χ1v) is 8.10. The average Bonchev–Trinajstić information content (AvgIpc) is 3.09. The summed E-state index contributed by atoms with van der Waals surface area (Å²) in [7, 11) is 0. The molecule has 0 N–H and O–H groups in total. The summed E-state index contributed by atoms with van der Waals surface area (Å²) >= 11 is 1.76. The maximum Gasteiger partial charge on any atom is 0.159 e. The number of carbonyl (C=O) groups is 1. The lowest BCUT2D eigenvalue weighted by molar-refractivity contribution is 0.101. The van der Waals surface area contributed by atoms with Gasteiger partial charge in [-0.15, -0.1) is 11.3 Å². The maximum atomic E-state index is 11.6. The van der Waals surface area contributed by atoms with E-state index in [1.54, 1.807) is 30.4 Å². The van der Waals surface area contributed by atoms with Crippen LogP contribution in [0.15, 0.2) is 41.8 Å². The van der Waals surface area contributed by atoms with Crippen LogP contribution in [-0.2, 0) is 0 Å². The van der Waals surface area contributed by atoms with Crippen LogP contribution >= 0.6 is 11.3 Å². The highest BCUT2D eigenvalue weighted by Gasteiger charge is 2.17. The summed E-state index contributed by atoms with van der Waals surface area (Å²) in [5.74, 6) is 0.0255. The molecule has 0 saturated heterocycles. The third-order valence-electron chi connectivity index (χ3n) is 3.91. The van der Waals surface area contributed by atoms with Gasteiger partial charge < -0.3 is 4.90 Å². The number of thiophene rings is 1. The number of rotatable bonds is 3. The van der Waals surface area contributed by atoms with E-state index in [2.05, 4.69) is 34.6 Å². The molecule has 1 aliphatic heterocycles. The number of nitriles is 1. The van der Waals surface area contributed by atoms with Gasteiger partial charge in [-0.1, -0.05) is 12.1 Å². The van der Waals surface area contributed by atoms with E-state index in [-0.39, 0.29) is 5.78 Å². The van der Waals surface area contributed by atoms with Crippen molar-refractivity contribution in [3.8, 4) is 6.07 Å². The van der Waals surface area contributed by atoms with Gasteiger partial charge in [0, 0.05) is 23.5 Å². The molecule has 1 aromatic heterocycles. The maximum absolute atomic E-state index is 11.6. The van der Waals surface area contributed by atoms with E-state index in [0.717, 1.165) is 25.2 Å². The van der Waals surface area contributed by atoms with E-state index in [9.17, 15) is 10.1 Å². The van der Waals surface area contributed by atoms with Crippen LogP contribution in [0.1, 0.15) is 34.1 Å². The SMILES string of the molecule is CC(=O)c1ccc(C#N)c(N2CC=C(c3cccs3)CC2)c1. The van der Waals surface area contributed by atoms with Crippen LogP contribution in [0, 0.1) is 11.3 Å². The monoisotopic (exact) mass is 308 g/mol. The Morgan fingerprint density at radius 1 is 1.36 bits per heavy atom. The molecule has 0 amide bonds. The summed E-state index contributed by atoms with van der Waals surface area (Å²) in [4.78, 5) is 15.1. The third-order valence-corrected chi connectivity index (χ3v) is 4.86. The Balaban J connectivity index is 1.88. The van der Waals surface area contributed by atoms with Gasteiger partial charge >= 0.3 is 0 Å². The highest BCUT2D eigenvalue weighted by atomic mass is 32.1. The van der Waals surface area contributed by atoms with Gasteiger partial charge in [-0.2, -0.15) is 5.26 Å². The second-order valence-electron chi connectivity index (χ2n) is 5.30. The zero-order valence-electron chi connectivity index (χ0n) is 12.4. The Bertz CT molecular complexity index is 769. The van der Waals surface area contributed by atoms with Crippen molar-refractivity contribution in [1.82, 2.24) is 0 Å². The van der Waals surface area contributed by atoms with Gasteiger partial charge in [-0.25, -0.2) is 0 Å². The van der Waals surface area contributed by atoms with Crippen LogP contribution in [-0.4, -0.2) is 18.9 Å². The molecule has 110 valence electrons. The molecular weight excluding hydrogens is 292 g/mol. The Morgan fingerprint density at radius 2 is 2.23 bits per heavy atom. The zero-order valence-corrected chi connectivity index (χ0v) is 13.2. The number of hydrogen-bond acceptors (Lipinski definition) is 4. The van der Waals surface area contributed by atoms with Crippen molar-refractivity contribution in [2.45, 2.75) is 13.3 Å². The average molecular weight is 308 g/mol. The van der Waals surface area contributed by atoms with Crippen LogP contribution in [0.3, 0.4) is 0 Å². The fourth-order valence-electron chi connectivity index (χ4n) is 2.68. The Hall–Kier alpha value is -2.38. The summed E-state index contributed by atoms with van der Waals surface area (Å²) in [5.41, 5.74) is 3.50. The van der Waals surface area contributed by atoms with Gasteiger partial charge in [0.15, 0.2) is 5.78 Å². The number of benzene rings is 1. The van der Waals surface area contributed by atoms with E-state index in [4.69, 9.17) is 0 Å². The minimum atomic E-state index is 0.0255. The van der Waals surface area contributed by atoms with E-state index >= 15 is 0 Å². The predicted octanol–water partition coefficient (Wildman–Crippen LogP) is 4.12. The number of Topliss-reactive ketones (excluding diaryl/α,β-unsaturated/α-hetero) is 1. The fraction of sp³-hybridized carbons (Fsp3) is 0.222. The molecule has 2 heterocycles. The first-order chi connectivity index (χ1) is 10.7. The van der Waals surface area contributed by atoms with Gasteiger partial charge in [0.2, 0.25) is 0 Å². The van der Waals surface area contributed by atoms with Gasteiger partial charge in [0.05, 0.1) is 11.3 Å². The summed E-state index contributed by atoms with van der Waals surface area (Å²) in [6.07, 6.45) is 3.17. The van der Waals surface area contributed by atoms with Crippen LogP contribution in [0.25, 0.3) is 5.57 Å². The molecule has 0 radical (unpaired) electrons. The lowest BCUT2D eigenvalue weighted by atomic mass is 10.0. The summed E-state index contributed by atoms with van der Waals surface area (Å²) in [6, 6.07) is 11.7. The lowest BCUT2D eigenvalue weighted by Crippen LogP contribution is -2.29. The standard InChI is InChI=1S/C18H16N2OS/c1-13(21)15-4-5-16(12-19)17(11-15)20-8-6-14(7-9-20)18-3-2-10-22-18/h2-6,10-11H,7-9H2,1H3. The predicted molar refractivity (Wildman–Crippen MR) is 90.3 cm³/mol. The van der Waals surface area contributed by atoms with Crippen LogP contribution in [0.4, 0.5) is 5.69 Å². The Kier molecular flexibility index (Phi) is 4.08. The molecule has 3 nitrogen and oxygen atoms in total. The molecule has 0 atom stereocenters. The number of hydrogen-bond donors (Lipinski definition) is 0. The quantitative estimate of drug-likeness (QED) is 0.801. The number of carbonyl (C=O) groups excluding carboxylic acids is 1. The highest BCUT2D eigenvalue weighted by Crippen LogP contribution is 2.30. The van der Waals surface area contributed by atoms with Crippen molar-refractivity contribution in [3.63, 3.8) is 0 Å². The lowest BCUT2D eigenvalue weighted by Gasteiger charge is -2.29. The molecule has 3 rings (SSSR count). The summed E-state index contributed by atoms with van der Waals surface area (Å²) in [5, 5.41) is 11.4. The van der Waals surface area contributed by atoms with E-state index in [1.807, 2.05) is 6.07 Å². The van der Waals surface area contributed by atoms with Crippen LogP contribution in [0.5, 0.6) is 0 Å². The summed E-state index contributed by atoms with van der Waals surface area (Å²) < 4.78 is 0. The molecule has 1 aromatic carbocycles. The molecule has 0 saturated carbocycles. The zero-order chi connectivity index (χ0) is 15.5. The van der Waals surface area contributed by atoms with Crippen LogP contribution in [0.2, 0.25) is 0 Å². The van der Waals surface area contributed by atoms with Crippen molar-refractivity contribution < 1.29 is 4.79 Å². The van der Waals surface area contributed by atoms with Gasteiger partial charge in [-0.05, 0) is 48.6 Å². The highest BCUT2D eigenvalue weighted by molar-refractivity contribution is 7.11. The molecule has 4 heteroatoms. The fourth-order valence-corrected chi connectivity index (χ4v) is 3.48. The molecule has 22 heavy (non-hydrogen) atoms. The second kappa shape index (κ2) is 6.17. The minimum Gasteiger partial charge on any atom is -0.366 e. The van der Waals surface area contributed by atoms with Gasteiger partial charge in [0.1, 0.15) is 6.07 Å². The molecule has 0 bridgehead atoms. The molecular formula is C18H16N2OS. The van der Waals surface area contributed by atoms with Crippen molar-refractivity contribution in [2.24, 2.45) is 0 Å². The molecule has 0 aliphatic carbocycles. The van der Waals surface area contributed by atoms with Crippen LogP contribution < -0.4 is 4.90 Å². The van der Waals surface area contributed by atoms with Crippen molar-refractivity contribution >= 4 is 28.4 Å². The number of nitrogens with zero attached hydrogens (tertiary/aromatic N) is 2. The molecule has 1 aliphatic rings. The molecule has 2 aromatic rings. The van der Waals surface area contributed by atoms with Gasteiger partial charge in [0.25, 0.3) is 0 Å². The normalized spacial score (nSPS) is 14.4. The van der Waals surface area contributed by atoms with Gasteiger partial charge in [-0.3, -0.25) is 4.79 Å². The van der Waals surface area contributed by atoms with E-state index in [0.29, 0.717) is 11.1 Å². The summed E-state index contributed by atoms with van der Waals surface area (Å²) in [6.45, 7) is 3.18. The minimum absolute atomic E-state index is 0.0255. The Labute approximate surface area is 134 Å². The number of anilines is 1. The molecule has 0 spiro atoms.